The van der Waals surface area contributed by atoms with Crippen molar-refractivity contribution in [1.29, 1.82) is 0 Å². The Hall–Kier alpha value is -1.29. The SMILES string of the molecule is Cn1c(N2CCCC2C2CCCCC2(C)O)cccc1=O. The van der Waals surface area contributed by atoms with Gasteiger partial charge in [0.1, 0.15) is 5.82 Å². The van der Waals surface area contributed by atoms with Crippen LogP contribution in [0.25, 0.3) is 0 Å². The van der Waals surface area contributed by atoms with Crippen molar-refractivity contribution in [2.24, 2.45) is 13.0 Å². The van der Waals surface area contributed by atoms with Crippen LogP contribution in [-0.4, -0.2) is 27.9 Å². The second-order valence-electron chi connectivity index (χ2n) is 6.89. The van der Waals surface area contributed by atoms with Crippen LogP contribution in [0, 0.1) is 5.92 Å². The fourth-order valence-corrected chi connectivity index (χ4v) is 4.29. The number of pyridine rings is 1. The van der Waals surface area contributed by atoms with Crippen molar-refractivity contribution in [1.82, 2.24) is 4.57 Å². The first-order chi connectivity index (χ1) is 10.0. The Morgan fingerprint density at radius 2 is 2.05 bits per heavy atom. The summed E-state index contributed by atoms with van der Waals surface area (Å²) in [7, 11) is 1.84. The summed E-state index contributed by atoms with van der Waals surface area (Å²) in [6.07, 6.45) is 6.58. The Balaban J connectivity index is 1.92. The van der Waals surface area contributed by atoms with E-state index < -0.39 is 5.60 Å². The zero-order chi connectivity index (χ0) is 15.0. The highest BCUT2D eigenvalue weighted by atomic mass is 16.3. The number of aromatic nitrogens is 1. The van der Waals surface area contributed by atoms with E-state index in [0.29, 0.717) is 12.0 Å². The average molecular weight is 290 g/mol. The number of nitrogens with zero attached hydrogens (tertiary/aromatic N) is 2. The highest BCUT2D eigenvalue weighted by Crippen LogP contribution is 2.41. The number of anilines is 1. The van der Waals surface area contributed by atoms with Crippen molar-refractivity contribution in [2.75, 3.05) is 11.4 Å². The van der Waals surface area contributed by atoms with Crippen LogP contribution in [0.4, 0.5) is 5.82 Å². The molecule has 116 valence electrons. The van der Waals surface area contributed by atoms with Crippen molar-refractivity contribution >= 4 is 5.82 Å². The quantitative estimate of drug-likeness (QED) is 0.909. The van der Waals surface area contributed by atoms with Gasteiger partial charge in [0, 0.05) is 31.6 Å². The lowest BCUT2D eigenvalue weighted by Crippen LogP contribution is -2.49. The van der Waals surface area contributed by atoms with Crippen molar-refractivity contribution in [3.8, 4) is 0 Å². The van der Waals surface area contributed by atoms with E-state index in [2.05, 4.69) is 4.90 Å². The minimum Gasteiger partial charge on any atom is -0.390 e. The first kappa shape index (κ1) is 14.6. The van der Waals surface area contributed by atoms with E-state index in [1.54, 1.807) is 10.6 Å². The molecular weight excluding hydrogens is 264 g/mol. The van der Waals surface area contributed by atoms with E-state index >= 15 is 0 Å². The maximum atomic E-state index is 11.9. The van der Waals surface area contributed by atoms with Crippen LogP contribution >= 0.6 is 0 Å². The van der Waals surface area contributed by atoms with Gasteiger partial charge in [0.25, 0.3) is 5.56 Å². The summed E-state index contributed by atoms with van der Waals surface area (Å²) in [6.45, 7) is 2.98. The lowest BCUT2D eigenvalue weighted by Gasteiger charge is -2.44. The summed E-state index contributed by atoms with van der Waals surface area (Å²) < 4.78 is 1.73. The summed E-state index contributed by atoms with van der Waals surface area (Å²) >= 11 is 0. The molecule has 4 heteroatoms. The Morgan fingerprint density at radius 3 is 2.81 bits per heavy atom. The minimum atomic E-state index is -0.570. The Morgan fingerprint density at radius 1 is 1.24 bits per heavy atom. The largest absolute Gasteiger partial charge is 0.390 e. The van der Waals surface area contributed by atoms with E-state index in [4.69, 9.17) is 0 Å². The summed E-state index contributed by atoms with van der Waals surface area (Å²) in [5, 5.41) is 10.8. The molecule has 3 rings (SSSR count). The fourth-order valence-electron chi connectivity index (χ4n) is 4.29. The van der Waals surface area contributed by atoms with Gasteiger partial charge in [-0.15, -0.1) is 0 Å². The van der Waals surface area contributed by atoms with Gasteiger partial charge in [0.2, 0.25) is 0 Å². The summed E-state index contributed by atoms with van der Waals surface area (Å²) in [5.74, 6) is 1.30. The van der Waals surface area contributed by atoms with Gasteiger partial charge in [0.05, 0.1) is 5.60 Å². The molecule has 0 spiro atoms. The molecule has 1 aromatic heterocycles. The second kappa shape index (κ2) is 5.48. The molecule has 1 saturated carbocycles. The van der Waals surface area contributed by atoms with Crippen LogP contribution < -0.4 is 10.5 Å². The van der Waals surface area contributed by atoms with Gasteiger partial charge >= 0.3 is 0 Å². The molecule has 21 heavy (non-hydrogen) atoms. The van der Waals surface area contributed by atoms with Crippen LogP contribution in [0.2, 0.25) is 0 Å². The lowest BCUT2D eigenvalue weighted by atomic mass is 9.72. The number of aliphatic hydroxyl groups is 1. The summed E-state index contributed by atoms with van der Waals surface area (Å²) in [5.41, 5.74) is -0.535. The molecule has 1 aliphatic heterocycles. The van der Waals surface area contributed by atoms with Crippen molar-refractivity contribution < 1.29 is 5.11 Å². The number of rotatable bonds is 2. The molecule has 3 atom stereocenters. The third kappa shape index (κ3) is 2.61. The smallest absolute Gasteiger partial charge is 0.251 e. The van der Waals surface area contributed by atoms with Crippen molar-refractivity contribution in [3.63, 3.8) is 0 Å². The normalized spacial score (nSPS) is 33.4. The molecule has 4 nitrogen and oxygen atoms in total. The van der Waals surface area contributed by atoms with Crippen molar-refractivity contribution in [2.45, 2.75) is 57.1 Å². The van der Waals surface area contributed by atoms with E-state index in [0.717, 1.165) is 44.5 Å². The summed E-state index contributed by atoms with van der Waals surface area (Å²) in [6, 6.07) is 5.82. The predicted octanol–water partition coefficient (Wildman–Crippen LogP) is 2.30. The van der Waals surface area contributed by atoms with E-state index in [1.807, 2.05) is 26.1 Å². The van der Waals surface area contributed by atoms with E-state index in [-0.39, 0.29) is 5.56 Å². The Bertz CT molecular complexity index is 564. The molecule has 0 aromatic carbocycles. The van der Waals surface area contributed by atoms with Crippen molar-refractivity contribution in [3.05, 3.63) is 28.6 Å². The van der Waals surface area contributed by atoms with E-state index in [1.165, 1.54) is 6.42 Å². The van der Waals surface area contributed by atoms with Crippen LogP contribution in [0.15, 0.2) is 23.0 Å². The van der Waals surface area contributed by atoms with Gasteiger partial charge in [-0.3, -0.25) is 9.36 Å². The topological polar surface area (TPSA) is 45.5 Å². The van der Waals surface area contributed by atoms with Crippen LogP contribution in [0.1, 0.15) is 45.4 Å². The molecular formula is C17H26N2O2. The van der Waals surface area contributed by atoms with Gasteiger partial charge in [-0.25, -0.2) is 0 Å². The highest BCUT2D eigenvalue weighted by molar-refractivity contribution is 5.42. The zero-order valence-electron chi connectivity index (χ0n) is 13.1. The molecule has 1 N–H and O–H groups in total. The number of hydrogen-bond acceptors (Lipinski definition) is 3. The minimum absolute atomic E-state index is 0.0357. The van der Waals surface area contributed by atoms with Gasteiger partial charge in [0.15, 0.2) is 0 Å². The third-order valence-corrected chi connectivity index (χ3v) is 5.46. The first-order valence-corrected chi connectivity index (χ1v) is 8.16. The first-order valence-electron chi connectivity index (χ1n) is 8.16. The average Bonchev–Trinajstić information content (AvgIpc) is 2.90. The molecule has 0 amide bonds. The van der Waals surface area contributed by atoms with Gasteiger partial charge in [-0.1, -0.05) is 18.9 Å². The van der Waals surface area contributed by atoms with E-state index in [9.17, 15) is 9.90 Å². The molecule has 0 bridgehead atoms. The second-order valence-corrected chi connectivity index (χ2v) is 6.89. The molecule has 1 aromatic rings. The zero-order valence-corrected chi connectivity index (χ0v) is 13.1. The standard InChI is InChI=1S/C17H26N2O2/c1-17(21)11-4-3-7-13(17)14-8-6-12-19(14)15-9-5-10-16(20)18(15)2/h5,9-10,13-14,21H,3-4,6-8,11-12H2,1-2H3. The highest BCUT2D eigenvalue weighted by Gasteiger charge is 2.43. The maximum Gasteiger partial charge on any atom is 0.251 e. The van der Waals surface area contributed by atoms with Crippen LogP contribution in [0.3, 0.4) is 0 Å². The van der Waals surface area contributed by atoms with Crippen LogP contribution in [0.5, 0.6) is 0 Å². The third-order valence-electron chi connectivity index (χ3n) is 5.46. The monoisotopic (exact) mass is 290 g/mol. The number of hydrogen-bond donors (Lipinski definition) is 1. The van der Waals surface area contributed by atoms with Gasteiger partial charge < -0.3 is 10.0 Å². The lowest BCUT2D eigenvalue weighted by molar-refractivity contribution is -0.0411. The summed E-state index contributed by atoms with van der Waals surface area (Å²) in [4.78, 5) is 14.2. The molecule has 1 saturated heterocycles. The van der Waals surface area contributed by atoms with Gasteiger partial charge in [-0.2, -0.15) is 0 Å². The maximum absolute atomic E-state index is 11.9. The predicted molar refractivity (Wildman–Crippen MR) is 84.6 cm³/mol. The molecule has 2 heterocycles. The van der Waals surface area contributed by atoms with Crippen LogP contribution in [-0.2, 0) is 7.05 Å². The fraction of sp³-hybridized carbons (Fsp3) is 0.706. The Labute approximate surface area is 126 Å². The molecule has 3 unspecified atom stereocenters. The molecule has 0 radical (unpaired) electrons. The molecule has 2 fully saturated rings. The molecule has 1 aliphatic carbocycles. The molecule has 2 aliphatic rings. The Kier molecular flexibility index (Phi) is 3.82. The van der Waals surface area contributed by atoms with Gasteiger partial charge in [-0.05, 0) is 38.7 Å².